The van der Waals surface area contributed by atoms with E-state index in [1.54, 1.807) is 0 Å². The van der Waals surface area contributed by atoms with Crippen LogP contribution in [0.3, 0.4) is 0 Å². The van der Waals surface area contributed by atoms with Crippen LogP contribution in [0.2, 0.25) is 0 Å². The van der Waals surface area contributed by atoms with Crippen LogP contribution in [0.5, 0.6) is 11.5 Å². The van der Waals surface area contributed by atoms with Gasteiger partial charge in [-0.15, -0.1) is 0 Å². The first-order valence-electron chi connectivity index (χ1n) is 8.64. The maximum atomic E-state index is 12.8. The predicted molar refractivity (Wildman–Crippen MR) is 98.7 cm³/mol. The smallest absolute Gasteiger partial charge is 0.279 e. The summed E-state index contributed by atoms with van der Waals surface area (Å²) in [6.45, 7) is 3.92. The summed E-state index contributed by atoms with van der Waals surface area (Å²) in [5.41, 5.74) is 5.78. The molecule has 0 aliphatic rings. The third-order valence-corrected chi connectivity index (χ3v) is 3.66. The van der Waals surface area contributed by atoms with Crippen molar-refractivity contribution in [3.63, 3.8) is 0 Å². The van der Waals surface area contributed by atoms with E-state index in [0.29, 0.717) is 18.8 Å². The maximum absolute atomic E-state index is 12.8. The zero-order valence-corrected chi connectivity index (χ0v) is 15.3. The molecule has 1 atom stereocenters. The Kier molecular flexibility index (Phi) is 7.61. The normalized spacial score (nSPS) is 11.4. The number of benzene rings is 2. The SMILES string of the molecule is Cc1ccc(OCCCC(=O)NNC(=O)C(C)Oc2ccc(F)cc2)cc1. The molecule has 0 spiro atoms. The number of carbonyl (C=O) groups is 2. The lowest BCUT2D eigenvalue weighted by Gasteiger charge is -2.15. The molecule has 2 N–H and O–H groups in total. The van der Waals surface area contributed by atoms with Gasteiger partial charge in [0.05, 0.1) is 6.61 Å². The minimum atomic E-state index is -0.847. The van der Waals surface area contributed by atoms with Gasteiger partial charge in [-0.2, -0.15) is 0 Å². The fourth-order valence-corrected chi connectivity index (χ4v) is 2.12. The fraction of sp³-hybridized carbons (Fsp3) is 0.300. The van der Waals surface area contributed by atoms with Crippen LogP contribution in [-0.2, 0) is 9.59 Å². The van der Waals surface area contributed by atoms with E-state index in [1.807, 2.05) is 31.2 Å². The number of rotatable bonds is 8. The Labute approximate surface area is 157 Å². The third kappa shape index (κ3) is 7.35. The van der Waals surface area contributed by atoms with Gasteiger partial charge in [0.15, 0.2) is 6.10 Å². The third-order valence-electron chi connectivity index (χ3n) is 3.66. The standard InChI is InChI=1S/C20H23FN2O4/c1-14-5-9-17(10-6-14)26-13-3-4-19(24)22-23-20(25)15(2)27-18-11-7-16(21)8-12-18/h5-12,15H,3-4,13H2,1-2H3,(H,22,24)(H,23,25). The lowest BCUT2D eigenvalue weighted by molar-refractivity contribution is -0.132. The summed E-state index contributed by atoms with van der Waals surface area (Å²) in [7, 11) is 0. The van der Waals surface area contributed by atoms with Crippen molar-refractivity contribution in [3.8, 4) is 11.5 Å². The molecule has 0 heterocycles. The van der Waals surface area contributed by atoms with Gasteiger partial charge >= 0.3 is 0 Å². The van der Waals surface area contributed by atoms with Gasteiger partial charge in [-0.25, -0.2) is 4.39 Å². The number of hydrazine groups is 1. The van der Waals surface area contributed by atoms with Crippen molar-refractivity contribution < 1.29 is 23.5 Å². The van der Waals surface area contributed by atoms with Crippen molar-refractivity contribution in [2.24, 2.45) is 0 Å². The van der Waals surface area contributed by atoms with E-state index in [1.165, 1.54) is 31.2 Å². The summed E-state index contributed by atoms with van der Waals surface area (Å²) in [4.78, 5) is 23.7. The summed E-state index contributed by atoms with van der Waals surface area (Å²) in [5.74, 6) is -0.119. The summed E-state index contributed by atoms with van der Waals surface area (Å²) in [6, 6.07) is 13.0. The van der Waals surface area contributed by atoms with Crippen molar-refractivity contribution >= 4 is 11.8 Å². The Balaban J connectivity index is 1.61. The molecule has 7 heteroatoms. The fourth-order valence-electron chi connectivity index (χ4n) is 2.12. The Hall–Kier alpha value is -3.09. The highest BCUT2D eigenvalue weighted by Crippen LogP contribution is 2.13. The number of nitrogens with one attached hydrogen (secondary N) is 2. The highest BCUT2D eigenvalue weighted by Gasteiger charge is 2.15. The highest BCUT2D eigenvalue weighted by molar-refractivity contribution is 5.84. The zero-order valence-electron chi connectivity index (χ0n) is 15.3. The second-order valence-corrected chi connectivity index (χ2v) is 6.02. The largest absolute Gasteiger partial charge is 0.494 e. The lowest BCUT2D eigenvalue weighted by atomic mass is 10.2. The van der Waals surface area contributed by atoms with Gasteiger partial charge in [0.1, 0.15) is 17.3 Å². The number of aryl methyl sites for hydroxylation is 1. The summed E-state index contributed by atoms with van der Waals surface area (Å²) < 4.78 is 23.7. The van der Waals surface area contributed by atoms with Gasteiger partial charge in [-0.1, -0.05) is 17.7 Å². The molecule has 2 amide bonds. The Morgan fingerprint density at radius 3 is 2.30 bits per heavy atom. The molecule has 0 aliphatic heterocycles. The predicted octanol–water partition coefficient (Wildman–Crippen LogP) is 2.91. The lowest BCUT2D eigenvalue weighted by Crippen LogP contribution is -2.47. The van der Waals surface area contributed by atoms with Gasteiger partial charge in [-0.3, -0.25) is 20.4 Å². The first kappa shape index (κ1) is 20.2. The number of ether oxygens (including phenoxy) is 2. The van der Waals surface area contributed by atoms with Gasteiger partial charge < -0.3 is 9.47 Å². The molecule has 6 nitrogen and oxygen atoms in total. The van der Waals surface area contributed by atoms with Crippen molar-refractivity contribution in [1.82, 2.24) is 10.9 Å². The number of amides is 2. The minimum absolute atomic E-state index is 0.208. The maximum Gasteiger partial charge on any atom is 0.279 e. The van der Waals surface area contributed by atoms with Crippen LogP contribution in [0.1, 0.15) is 25.3 Å². The zero-order chi connectivity index (χ0) is 19.6. The van der Waals surface area contributed by atoms with E-state index < -0.39 is 17.8 Å². The number of hydrogen-bond donors (Lipinski definition) is 2. The molecule has 2 rings (SSSR count). The molecular weight excluding hydrogens is 351 g/mol. The van der Waals surface area contributed by atoms with Crippen molar-refractivity contribution in [1.29, 1.82) is 0 Å². The topological polar surface area (TPSA) is 76.7 Å². The second-order valence-electron chi connectivity index (χ2n) is 6.02. The molecule has 0 aromatic heterocycles. The number of carbonyl (C=O) groups excluding carboxylic acids is 2. The van der Waals surface area contributed by atoms with Crippen LogP contribution >= 0.6 is 0 Å². The molecule has 1 unspecified atom stereocenters. The van der Waals surface area contributed by atoms with Crippen LogP contribution in [0, 0.1) is 12.7 Å². The Bertz CT molecular complexity index is 748. The van der Waals surface area contributed by atoms with Gasteiger partial charge in [-0.05, 0) is 56.7 Å². The van der Waals surface area contributed by atoms with E-state index in [2.05, 4.69) is 10.9 Å². The van der Waals surface area contributed by atoms with Crippen LogP contribution < -0.4 is 20.3 Å². The Morgan fingerprint density at radius 2 is 1.63 bits per heavy atom. The van der Waals surface area contributed by atoms with Gasteiger partial charge in [0.2, 0.25) is 5.91 Å². The molecule has 0 saturated heterocycles. The van der Waals surface area contributed by atoms with E-state index in [0.717, 1.165) is 11.3 Å². The first-order valence-corrected chi connectivity index (χ1v) is 8.64. The molecule has 0 bridgehead atoms. The number of hydrogen-bond acceptors (Lipinski definition) is 4. The number of halogens is 1. The van der Waals surface area contributed by atoms with Crippen molar-refractivity contribution in [2.45, 2.75) is 32.8 Å². The van der Waals surface area contributed by atoms with Crippen LogP contribution in [0.15, 0.2) is 48.5 Å². The molecular formula is C20H23FN2O4. The van der Waals surface area contributed by atoms with Crippen LogP contribution in [0.4, 0.5) is 4.39 Å². The van der Waals surface area contributed by atoms with Crippen molar-refractivity contribution in [2.75, 3.05) is 6.61 Å². The Morgan fingerprint density at radius 1 is 1.00 bits per heavy atom. The molecule has 2 aromatic rings. The molecule has 0 saturated carbocycles. The van der Waals surface area contributed by atoms with Crippen molar-refractivity contribution in [3.05, 3.63) is 59.9 Å². The monoisotopic (exact) mass is 374 g/mol. The summed E-state index contributed by atoms with van der Waals surface area (Å²) in [5, 5.41) is 0. The van der Waals surface area contributed by atoms with Gasteiger partial charge in [0.25, 0.3) is 5.91 Å². The van der Waals surface area contributed by atoms with E-state index >= 15 is 0 Å². The second kappa shape index (κ2) is 10.2. The van der Waals surface area contributed by atoms with E-state index in [9.17, 15) is 14.0 Å². The quantitative estimate of drug-likeness (QED) is 0.550. The first-order chi connectivity index (χ1) is 12.9. The van der Waals surface area contributed by atoms with Crippen LogP contribution in [-0.4, -0.2) is 24.5 Å². The molecule has 0 radical (unpaired) electrons. The summed E-state index contributed by atoms with van der Waals surface area (Å²) in [6.07, 6.45) is -0.128. The van der Waals surface area contributed by atoms with E-state index in [4.69, 9.17) is 9.47 Å². The van der Waals surface area contributed by atoms with Gasteiger partial charge in [0, 0.05) is 6.42 Å². The molecule has 2 aromatic carbocycles. The molecule has 0 aliphatic carbocycles. The molecule has 27 heavy (non-hydrogen) atoms. The minimum Gasteiger partial charge on any atom is -0.494 e. The van der Waals surface area contributed by atoms with Crippen LogP contribution in [0.25, 0.3) is 0 Å². The van der Waals surface area contributed by atoms with E-state index in [-0.39, 0.29) is 12.3 Å². The average Bonchev–Trinajstić information content (AvgIpc) is 2.66. The average molecular weight is 374 g/mol. The molecule has 144 valence electrons. The highest BCUT2D eigenvalue weighted by atomic mass is 19.1. The molecule has 0 fully saturated rings. The summed E-state index contributed by atoms with van der Waals surface area (Å²) >= 11 is 0.